The number of rotatable bonds is 3. The molecule has 1 aromatic heterocycles. The third-order valence-electron chi connectivity index (χ3n) is 2.23. The molecule has 4 nitrogen and oxygen atoms in total. The molecule has 92 valence electrons. The molecule has 2 rings (SSSR count). The van der Waals surface area contributed by atoms with Gasteiger partial charge >= 0.3 is 0 Å². The van der Waals surface area contributed by atoms with E-state index in [1.165, 1.54) is 0 Å². The first-order chi connectivity index (χ1) is 8.66. The van der Waals surface area contributed by atoms with Crippen molar-refractivity contribution >= 4 is 44.4 Å². The first kappa shape index (κ1) is 13.4. The van der Waals surface area contributed by atoms with E-state index in [1.807, 2.05) is 24.3 Å². The molecule has 0 atom stereocenters. The molecule has 2 aromatic rings. The molecule has 0 saturated carbocycles. The van der Waals surface area contributed by atoms with Gasteiger partial charge in [0.05, 0.1) is 17.8 Å². The van der Waals surface area contributed by atoms with E-state index < -0.39 is 0 Å². The zero-order valence-electron chi connectivity index (χ0n) is 9.23. The first-order valence-electron chi connectivity index (χ1n) is 5.16. The van der Waals surface area contributed by atoms with Crippen molar-refractivity contribution in [3.8, 4) is 0 Å². The summed E-state index contributed by atoms with van der Waals surface area (Å²) in [5.41, 5.74) is 1.35. The van der Waals surface area contributed by atoms with Gasteiger partial charge in [-0.2, -0.15) is 10.2 Å². The second-order valence-electron chi connectivity index (χ2n) is 3.52. The minimum atomic E-state index is -0.133. The van der Waals surface area contributed by atoms with Gasteiger partial charge < -0.3 is 5.32 Å². The Morgan fingerprint density at radius 2 is 2.22 bits per heavy atom. The molecule has 0 fully saturated rings. The highest BCUT2D eigenvalue weighted by Gasteiger charge is 2.10. The summed E-state index contributed by atoms with van der Waals surface area (Å²) in [5.74, 6) is -0.133. The van der Waals surface area contributed by atoms with Gasteiger partial charge in [0.25, 0.3) is 5.91 Å². The molecule has 18 heavy (non-hydrogen) atoms. The molecule has 0 aliphatic rings. The summed E-state index contributed by atoms with van der Waals surface area (Å²) in [6, 6.07) is 9.23. The van der Waals surface area contributed by atoms with Gasteiger partial charge in [-0.15, -0.1) is 0 Å². The minimum Gasteiger partial charge on any atom is -0.346 e. The fourth-order valence-electron chi connectivity index (χ4n) is 1.37. The molecular formula is C12H9BrIN3O. The van der Waals surface area contributed by atoms with E-state index in [0.717, 1.165) is 13.7 Å². The molecule has 1 aromatic carbocycles. The van der Waals surface area contributed by atoms with Crippen LogP contribution in [0, 0.1) is 3.57 Å². The van der Waals surface area contributed by atoms with Crippen molar-refractivity contribution in [2.75, 3.05) is 0 Å². The Kier molecular flexibility index (Phi) is 4.65. The van der Waals surface area contributed by atoms with Crippen molar-refractivity contribution in [1.29, 1.82) is 0 Å². The summed E-state index contributed by atoms with van der Waals surface area (Å²) < 4.78 is 1.79. The summed E-state index contributed by atoms with van der Waals surface area (Å²) in [6.07, 6.45) is 1.60. The van der Waals surface area contributed by atoms with Gasteiger partial charge in [-0.1, -0.05) is 0 Å². The maximum absolute atomic E-state index is 12.0. The summed E-state index contributed by atoms with van der Waals surface area (Å²) in [7, 11) is 0. The highest BCUT2D eigenvalue weighted by atomic mass is 127. The zero-order chi connectivity index (χ0) is 13.0. The lowest BCUT2D eigenvalue weighted by atomic mass is 10.2. The lowest BCUT2D eigenvalue weighted by molar-refractivity contribution is 0.0949. The number of hydrogen-bond donors (Lipinski definition) is 1. The van der Waals surface area contributed by atoms with Crippen molar-refractivity contribution < 1.29 is 4.79 Å². The number of nitrogens with zero attached hydrogens (tertiary/aromatic N) is 2. The molecule has 0 aliphatic carbocycles. The van der Waals surface area contributed by atoms with Crippen LogP contribution in [0.4, 0.5) is 0 Å². The lowest BCUT2D eigenvalue weighted by Gasteiger charge is -2.06. The van der Waals surface area contributed by atoms with Crippen LogP contribution in [-0.2, 0) is 6.54 Å². The predicted molar refractivity (Wildman–Crippen MR) is 80.1 cm³/mol. The molecule has 0 unspecified atom stereocenters. The Morgan fingerprint density at radius 3 is 2.94 bits per heavy atom. The van der Waals surface area contributed by atoms with Gasteiger partial charge in [0.15, 0.2) is 0 Å². The van der Waals surface area contributed by atoms with E-state index in [0.29, 0.717) is 12.1 Å². The Bertz CT molecular complexity index is 563. The second-order valence-corrected chi connectivity index (χ2v) is 5.62. The Balaban J connectivity index is 2.06. The Morgan fingerprint density at radius 1 is 1.39 bits per heavy atom. The Labute approximate surface area is 126 Å². The number of benzene rings is 1. The van der Waals surface area contributed by atoms with Gasteiger partial charge in [-0.05, 0) is 68.9 Å². The van der Waals surface area contributed by atoms with E-state index in [4.69, 9.17) is 0 Å². The van der Waals surface area contributed by atoms with Gasteiger partial charge in [-0.25, -0.2) is 0 Å². The predicted octanol–water partition coefficient (Wildman–Crippen LogP) is 2.77. The molecule has 1 N–H and O–H groups in total. The number of carbonyl (C=O) groups excluding carboxylic acids is 1. The van der Waals surface area contributed by atoms with Crippen molar-refractivity contribution in [3.63, 3.8) is 0 Å². The van der Waals surface area contributed by atoms with Crippen LogP contribution in [0.1, 0.15) is 16.1 Å². The summed E-state index contributed by atoms with van der Waals surface area (Å²) in [6.45, 7) is 0.366. The smallest absolute Gasteiger partial charge is 0.252 e. The molecule has 0 spiro atoms. The van der Waals surface area contributed by atoms with E-state index >= 15 is 0 Å². The van der Waals surface area contributed by atoms with Crippen LogP contribution in [-0.4, -0.2) is 16.1 Å². The number of hydrogen-bond acceptors (Lipinski definition) is 3. The molecule has 0 bridgehead atoms. The quantitative estimate of drug-likeness (QED) is 0.781. The highest BCUT2D eigenvalue weighted by molar-refractivity contribution is 14.1. The standard InChI is InChI=1S/C12H9BrIN3O/c13-11-4-3-8(14)6-10(11)12(18)15-7-9-2-1-5-16-17-9/h1-6H,7H2,(H,15,18). The van der Waals surface area contributed by atoms with E-state index in [1.54, 1.807) is 12.3 Å². The van der Waals surface area contributed by atoms with E-state index in [-0.39, 0.29) is 5.91 Å². The molecule has 0 radical (unpaired) electrons. The van der Waals surface area contributed by atoms with Gasteiger partial charge in [0, 0.05) is 14.2 Å². The van der Waals surface area contributed by atoms with Crippen LogP contribution in [0.15, 0.2) is 41.0 Å². The first-order valence-corrected chi connectivity index (χ1v) is 7.04. The molecule has 1 amide bonds. The third kappa shape index (κ3) is 3.49. The fraction of sp³-hybridized carbons (Fsp3) is 0.0833. The average molecular weight is 418 g/mol. The topological polar surface area (TPSA) is 54.9 Å². The van der Waals surface area contributed by atoms with Crippen LogP contribution in [0.2, 0.25) is 0 Å². The fourth-order valence-corrected chi connectivity index (χ4v) is 2.28. The van der Waals surface area contributed by atoms with E-state index in [2.05, 4.69) is 54.0 Å². The van der Waals surface area contributed by atoms with Gasteiger partial charge in [0.1, 0.15) is 0 Å². The summed E-state index contributed by atoms with van der Waals surface area (Å²) >= 11 is 5.54. The number of aromatic nitrogens is 2. The van der Waals surface area contributed by atoms with E-state index in [9.17, 15) is 4.79 Å². The SMILES string of the molecule is O=C(NCc1cccnn1)c1cc(I)ccc1Br. The summed E-state index contributed by atoms with van der Waals surface area (Å²) in [5, 5.41) is 10.5. The van der Waals surface area contributed by atoms with Crippen LogP contribution >= 0.6 is 38.5 Å². The number of carbonyl (C=O) groups is 1. The van der Waals surface area contributed by atoms with Crippen LogP contribution in [0.3, 0.4) is 0 Å². The number of amides is 1. The maximum Gasteiger partial charge on any atom is 0.252 e. The molecule has 1 heterocycles. The van der Waals surface area contributed by atoms with Crippen LogP contribution in [0.5, 0.6) is 0 Å². The van der Waals surface area contributed by atoms with Crippen molar-refractivity contribution in [2.45, 2.75) is 6.54 Å². The van der Waals surface area contributed by atoms with Crippen LogP contribution < -0.4 is 5.32 Å². The third-order valence-corrected chi connectivity index (χ3v) is 3.59. The minimum absolute atomic E-state index is 0.133. The Hall–Kier alpha value is -1.02. The zero-order valence-corrected chi connectivity index (χ0v) is 13.0. The maximum atomic E-state index is 12.0. The van der Waals surface area contributed by atoms with Crippen molar-refractivity contribution in [2.24, 2.45) is 0 Å². The number of nitrogens with one attached hydrogen (secondary N) is 1. The lowest BCUT2D eigenvalue weighted by Crippen LogP contribution is -2.23. The van der Waals surface area contributed by atoms with Crippen molar-refractivity contribution in [1.82, 2.24) is 15.5 Å². The highest BCUT2D eigenvalue weighted by Crippen LogP contribution is 2.19. The molecule has 0 aliphatic heterocycles. The van der Waals surface area contributed by atoms with Gasteiger partial charge in [-0.3, -0.25) is 4.79 Å². The second kappa shape index (κ2) is 6.24. The number of halogens is 2. The summed E-state index contributed by atoms with van der Waals surface area (Å²) in [4.78, 5) is 12.0. The molecule has 0 saturated heterocycles. The van der Waals surface area contributed by atoms with Crippen molar-refractivity contribution in [3.05, 3.63) is 55.8 Å². The average Bonchev–Trinajstić information content (AvgIpc) is 2.40. The van der Waals surface area contributed by atoms with Crippen LogP contribution in [0.25, 0.3) is 0 Å². The molecular weight excluding hydrogens is 409 g/mol. The largest absolute Gasteiger partial charge is 0.346 e. The normalized spacial score (nSPS) is 10.1. The molecule has 6 heteroatoms. The van der Waals surface area contributed by atoms with Gasteiger partial charge in [0.2, 0.25) is 0 Å². The monoisotopic (exact) mass is 417 g/mol.